The molecule has 24 heavy (non-hydrogen) atoms. The Labute approximate surface area is 148 Å². The first-order chi connectivity index (χ1) is 11.1. The van der Waals surface area contributed by atoms with Crippen LogP contribution in [0.15, 0.2) is 41.6 Å². The van der Waals surface area contributed by atoms with Gasteiger partial charge in [-0.05, 0) is 25.5 Å². The fourth-order valence-corrected chi connectivity index (χ4v) is 5.01. The van der Waals surface area contributed by atoms with Gasteiger partial charge in [-0.2, -0.15) is 16.8 Å². The Morgan fingerprint density at radius 3 is 2.29 bits per heavy atom. The van der Waals surface area contributed by atoms with Gasteiger partial charge in [-0.3, -0.25) is 0 Å². The van der Waals surface area contributed by atoms with Gasteiger partial charge in [0.15, 0.2) is 0 Å². The van der Waals surface area contributed by atoms with Crippen molar-refractivity contribution in [1.82, 2.24) is 9.80 Å². The van der Waals surface area contributed by atoms with E-state index in [0.29, 0.717) is 6.54 Å². The van der Waals surface area contributed by atoms with E-state index in [4.69, 9.17) is 0 Å². The van der Waals surface area contributed by atoms with E-state index in [1.165, 1.54) is 12.1 Å². The van der Waals surface area contributed by atoms with Crippen molar-refractivity contribution < 1.29 is 20.5 Å². The van der Waals surface area contributed by atoms with Crippen LogP contribution in [-0.2, 0) is 23.9 Å². The molecule has 0 saturated carbocycles. The standard InChI is InChI=1S/C14H20N2O5S3/c1-12-4-6-13(7-5-12)24(19,20)21-23(17,18)11-3-8-16-10-9-15(2)14(16)22/h4-7,9-10,14,22H,3,8,11H2,1-2H3. The predicted molar refractivity (Wildman–Crippen MR) is 94.2 cm³/mol. The van der Waals surface area contributed by atoms with Gasteiger partial charge in [0.2, 0.25) is 0 Å². The van der Waals surface area contributed by atoms with Crippen molar-refractivity contribution in [2.75, 3.05) is 19.3 Å². The Balaban J connectivity index is 1.93. The molecule has 0 N–H and O–H groups in total. The van der Waals surface area contributed by atoms with Crippen LogP contribution in [0.25, 0.3) is 0 Å². The van der Waals surface area contributed by atoms with E-state index in [1.54, 1.807) is 25.3 Å². The van der Waals surface area contributed by atoms with Crippen molar-refractivity contribution in [3.63, 3.8) is 0 Å². The first-order valence-electron chi connectivity index (χ1n) is 7.20. The average Bonchev–Trinajstić information content (AvgIpc) is 2.78. The summed E-state index contributed by atoms with van der Waals surface area (Å²) in [5.41, 5.74) is 0.701. The molecule has 1 unspecified atom stereocenters. The van der Waals surface area contributed by atoms with Gasteiger partial charge in [0, 0.05) is 26.0 Å². The lowest BCUT2D eigenvalue weighted by Gasteiger charge is -2.25. The highest BCUT2D eigenvalue weighted by molar-refractivity contribution is 7.99. The van der Waals surface area contributed by atoms with Crippen LogP contribution < -0.4 is 0 Å². The Hall–Kier alpha value is -1.23. The van der Waals surface area contributed by atoms with Crippen molar-refractivity contribution in [1.29, 1.82) is 0 Å². The minimum atomic E-state index is -4.34. The number of rotatable bonds is 7. The summed E-state index contributed by atoms with van der Waals surface area (Å²) in [5.74, 6) is -0.396. The normalized spacial score (nSPS) is 18.4. The van der Waals surface area contributed by atoms with Gasteiger partial charge in [-0.15, -0.1) is 16.3 Å². The van der Waals surface area contributed by atoms with Gasteiger partial charge in [0.25, 0.3) is 10.1 Å². The van der Waals surface area contributed by atoms with Crippen LogP contribution in [0.1, 0.15) is 12.0 Å². The summed E-state index contributed by atoms with van der Waals surface area (Å²) in [6, 6.07) is 5.78. The lowest BCUT2D eigenvalue weighted by atomic mass is 10.2. The first kappa shape index (κ1) is 19.1. The largest absolute Gasteiger partial charge is 0.351 e. The molecule has 0 amide bonds. The minimum Gasteiger partial charge on any atom is -0.351 e. The number of thiol groups is 1. The smallest absolute Gasteiger partial charge is 0.311 e. The minimum absolute atomic E-state index is 0.162. The summed E-state index contributed by atoms with van der Waals surface area (Å²) in [4.78, 5) is 3.51. The van der Waals surface area contributed by atoms with Crippen LogP contribution in [0, 0.1) is 6.92 Å². The highest BCUT2D eigenvalue weighted by Crippen LogP contribution is 2.19. The summed E-state index contributed by atoms with van der Waals surface area (Å²) < 4.78 is 52.4. The third kappa shape index (κ3) is 4.88. The highest BCUT2D eigenvalue weighted by atomic mass is 32.3. The summed E-state index contributed by atoms with van der Waals surface area (Å²) in [7, 11) is -6.69. The zero-order valence-corrected chi connectivity index (χ0v) is 15.9. The molecule has 7 nitrogen and oxygen atoms in total. The molecule has 134 valence electrons. The Morgan fingerprint density at radius 1 is 1.12 bits per heavy atom. The molecule has 1 aliphatic rings. The zero-order valence-electron chi connectivity index (χ0n) is 13.4. The van der Waals surface area contributed by atoms with Gasteiger partial charge < -0.3 is 9.80 Å². The SMILES string of the molecule is Cc1ccc(S(=O)(=O)OS(=O)(=O)CCCN2C=CN(C)C2S)cc1. The Morgan fingerprint density at radius 2 is 1.75 bits per heavy atom. The second kappa shape index (κ2) is 7.34. The van der Waals surface area contributed by atoms with Crippen LogP contribution in [0.4, 0.5) is 0 Å². The average molecular weight is 393 g/mol. The van der Waals surface area contributed by atoms with E-state index in [0.717, 1.165) is 5.56 Å². The van der Waals surface area contributed by atoms with Gasteiger partial charge in [0.1, 0.15) is 5.50 Å². The van der Waals surface area contributed by atoms with Crippen LogP contribution in [-0.4, -0.2) is 51.5 Å². The molecule has 0 bridgehead atoms. The van der Waals surface area contributed by atoms with Crippen LogP contribution in [0.3, 0.4) is 0 Å². The first-order valence-corrected chi connectivity index (χ1v) is 10.7. The van der Waals surface area contributed by atoms with Crippen molar-refractivity contribution >= 4 is 32.9 Å². The van der Waals surface area contributed by atoms with Crippen LogP contribution in [0.5, 0.6) is 0 Å². The molecule has 0 radical (unpaired) electrons. The molecular formula is C14H20N2O5S3. The quantitative estimate of drug-likeness (QED) is 0.701. The highest BCUT2D eigenvalue weighted by Gasteiger charge is 2.26. The number of benzene rings is 1. The van der Waals surface area contributed by atoms with Crippen molar-refractivity contribution in [3.05, 3.63) is 42.2 Å². The molecule has 1 aliphatic heterocycles. The van der Waals surface area contributed by atoms with E-state index >= 15 is 0 Å². The fourth-order valence-electron chi connectivity index (χ4n) is 2.11. The van der Waals surface area contributed by atoms with Crippen LogP contribution in [0.2, 0.25) is 0 Å². The van der Waals surface area contributed by atoms with E-state index < -0.39 is 26.0 Å². The second-order valence-electron chi connectivity index (χ2n) is 5.50. The molecule has 0 saturated heterocycles. The van der Waals surface area contributed by atoms with Crippen molar-refractivity contribution in [2.24, 2.45) is 0 Å². The molecular weight excluding hydrogens is 372 g/mol. The van der Waals surface area contributed by atoms with E-state index in [9.17, 15) is 16.8 Å². The molecule has 1 aromatic rings. The molecule has 1 heterocycles. The molecule has 2 rings (SSSR count). The summed E-state index contributed by atoms with van der Waals surface area (Å²) in [6.07, 6.45) is 3.85. The number of hydrogen-bond acceptors (Lipinski definition) is 8. The number of nitrogens with zero attached hydrogens (tertiary/aromatic N) is 2. The Kier molecular flexibility index (Phi) is 5.84. The molecule has 0 aliphatic carbocycles. The lowest BCUT2D eigenvalue weighted by Crippen LogP contribution is -2.32. The third-order valence-corrected chi connectivity index (χ3v) is 7.31. The lowest BCUT2D eigenvalue weighted by molar-refractivity contribution is 0.265. The monoisotopic (exact) mass is 392 g/mol. The molecule has 0 aromatic heterocycles. The van der Waals surface area contributed by atoms with E-state index in [-0.39, 0.29) is 16.8 Å². The zero-order chi connectivity index (χ0) is 18.0. The predicted octanol–water partition coefficient (Wildman–Crippen LogP) is 1.35. The molecule has 0 spiro atoms. The van der Waals surface area contributed by atoms with Crippen molar-refractivity contribution in [3.8, 4) is 0 Å². The van der Waals surface area contributed by atoms with Crippen molar-refractivity contribution in [2.45, 2.75) is 23.7 Å². The fraction of sp³-hybridized carbons (Fsp3) is 0.429. The molecule has 1 atom stereocenters. The molecule has 0 fully saturated rings. The van der Waals surface area contributed by atoms with E-state index in [2.05, 4.69) is 16.3 Å². The maximum Gasteiger partial charge on any atom is 0.311 e. The maximum atomic E-state index is 12.0. The van der Waals surface area contributed by atoms with Crippen LogP contribution >= 0.6 is 12.6 Å². The number of hydrogen-bond donors (Lipinski definition) is 1. The van der Waals surface area contributed by atoms with Gasteiger partial charge in [0.05, 0.1) is 10.6 Å². The summed E-state index contributed by atoms with van der Waals surface area (Å²) in [6.45, 7) is 2.22. The van der Waals surface area contributed by atoms with Gasteiger partial charge in [-0.25, -0.2) is 0 Å². The number of aryl methyl sites for hydroxylation is 1. The third-order valence-electron chi connectivity index (χ3n) is 3.47. The van der Waals surface area contributed by atoms with Gasteiger partial charge >= 0.3 is 10.1 Å². The summed E-state index contributed by atoms with van der Waals surface area (Å²) in [5, 5.41) is 0. The maximum absolute atomic E-state index is 12.0. The van der Waals surface area contributed by atoms with Gasteiger partial charge in [-0.1, -0.05) is 17.7 Å². The Bertz CT molecular complexity index is 803. The van der Waals surface area contributed by atoms with E-state index in [1.807, 2.05) is 23.0 Å². The summed E-state index contributed by atoms with van der Waals surface area (Å²) >= 11 is 4.37. The molecule has 10 heteroatoms. The topological polar surface area (TPSA) is 84.0 Å². The molecule has 1 aromatic carbocycles. The second-order valence-corrected chi connectivity index (χ2v) is 9.41.